The third-order valence-electron chi connectivity index (χ3n) is 3.55. The van der Waals surface area contributed by atoms with Gasteiger partial charge in [-0.2, -0.15) is 0 Å². The van der Waals surface area contributed by atoms with E-state index in [9.17, 15) is 9.18 Å². The van der Waals surface area contributed by atoms with Crippen molar-refractivity contribution in [1.82, 2.24) is 15.3 Å². The van der Waals surface area contributed by atoms with Gasteiger partial charge >= 0.3 is 0 Å². The Kier molecular flexibility index (Phi) is 11.6. The number of carbonyl (C=O) groups excluding carboxylic acids is 1. The van der Waals surface area contributed by atoms with E-state index in [0.29, 0.717) is 18.7 Å². The van der Waals surface area contributed by atoms with E-state index in [4.69, 9.17) is 17.2 Å². The van der Waals surface area contributed by atoms with E-state index >= 15 is 0 Å². The van der Waals surface area contributed by atoms with Crippen LogP contribution in [0.25, 0.3) is 0 Å². The highest BCUT2D eigenvalue weighted by Crippen LogP contribution is 2.20. The number of hydrogen-bond acceptors (Lipinski definition) is 6. The van der Waals surface area contributed by atoms with Crippen molar-refractivity contribution in [3.63, 3.8) is 0 Å². The van der Waals surface area contributed by atoms with Crippen molar-refractivity contribution < 1.29 is 9.18 Å². The molecule has 0 aliphatic heterocycles. The Hall–Kier alpha value is -2.48. The Morgan fingerprint density at radius 3 is 2.41 bits per heavy atom. The van der Waals surface area contributed by atoms with Crippen molar-refractivity contribution in [2.75, 3.05) is 18.0 Å². The number of halogens is 1. The molecule has 0 aliphatic carbocycles. The van der Waals surface area contributed by atoms with E-state index in [1.807, 2.05) is 20.8 Å². The molecule has 7 nitrogen and oxygen atoms in total. The molecule has 0 aromatic carbocycles. The van der Waals surface area contributed by atoms with Crippen molar-refractivity contribution in [3.05, 3.63) is 35.1 Å². The number of carbonyl (C=O) groups is 1. The van der Waals surface area contributed by atoms with Crippen LogP contribution in [-0.2, 0) is 0 Å². The molecule has 27 heavy (non-hydrogen) atoms. The highest BCUT2D eigenvalue weighted by molar-refractivity contribution is 5.99. The molecule has 1 atom stereocenters. The fourth-order valence-electron chi connectivity index (χ4n) is 2.00. The van der Waals surface area contributed by atoms with E-state index in [0.717, 1.165) is 12.0 Å². The molecule has 152 valence electrons. The summed E-state index contributed by atoms with van der Waals surface area (Å²) < 4.78 is 13.1. The number of nitrogens with one attached hydrogen (secondary N) is 1. The topological polar surface area (TPSA) is 133 Å². The summed E-state index contributed by atoms with van der Waals surface area (Å²) in [5.74, 6) is -0.391. The molecule has 0 saturated carbocycles. The lowest BCUT2D eigenvalue weighted by Gasteiger charge is -2.13. The van der Waals surface area contributed by atoms with Crippen LogP contribution >= 0.6 is 0 Å². The molecule has 0 aliphatic rings. The van der Waals surface area contributed by atoms with Gasteiger partial charge < -0.3 is 22.5 Å². The van der Waals surface area contributed by atoms with Crippen LogP contribution in [0.15, 0.2) is 23.6 Å². The van der Waals surface area contributed by atoms with E-state index in [1.165, 1.54) is 6.08 Å². The van der Waals surface area contributed by atoms with E-state index in [2.05, 4.69) is 15.3 Å². The van der Waals surface area contributed by atoms with Crippen LogP contribution in [0.3, 0.4) is 0 Å². The Bertz CT molecular complexity index is 672. The first-order chi connectivity index (χ1) is 12.8. The fourth-order valence-corrected chi connectivity index (χ4v) is 2.00. The highest BCUT2D eigenvalue weighted by atomic mass is 19.1. The molecular weight excluding hydrogens is 347 g/mol. The monoisotopic (exact) mass is 380 g/mol. The molecule has 1 aromatic heterocycles. The van der Waals surface area contributed by atoms with Gasteiger partial charge in [0.1, 0.15) is 11.5 Å². The van der Waals surface area contributed by atoms with Crippen LogP contribution < -0.4 is 22.5 Å². The Labute approximate surface area is 161 Å². The van der Waals surface area contributed by atoms with E-state index in [-0.39, 0.29) is 29.6 Å². The lowest BCUT2D eigenvalue weighted by Crippen LogP contribution is -2.29. The van der Waals surface area contributed by atoms with Gasteiger partial charge in [-0.3, -0.25) is 4.79 Å². The lowest BCUT2D eigenvalue weighted by molar-refractivity contribution is 0.0952. The van der Waals surface area contributed by atoms with Gasteiger partial charge in [0.15, 0.2) is 11.5 Å². The zero-order valence-electron chi connectivity index (χ0n) is 17.0. The number of nitrogens with zero attached hydrogens (tertiary/aromatic N) is 2. The first-order valence-corrected chi connectivity index (χ1v) is 9.28. The minimum Gasteiger partial charge on any atom is -0.394 e. The molecular formula is C19H33FN6O. The average Bonchev–Trinajstić information content (AvgIpc) is 2.67. The van der Waals surface area contributed by atoms with Gasteiger partial charge in [0.2, 0.25) is 0 Å². The zero-order valence-corrected chi connectivity index (χ0v) is 17.0. The van der Waals surface area contributed by atoms with Crippen LogP contribution in [0.5, 0.6) is 0 Å². The van der Waals surface area contributed by atoms with Gasteiger partial charge in [0.25, 0.3) is 5.91 Å². The molecule has 0 saturated heterocycles. The average molecular weight is 381 g/mol. The Morgan fingerprint density at radius 1 is 1.22 bits per heavy atom. The smallest absolute Gasteiger partial charge is 0.272 e. The van der Waals surface area contributed by atoms with Gasteiger partial charge in [-0.05, 0) is 25.8 Å². The van der Waals surface area contributed by atoms with Gasteiger partial charge in [-0.25, -0.2) is 14.4 Å². The molecule has 1 amide bonds. The highest BCUT2D eigenvalue weighted by Gasteiger charge is 2.19. The largest absolute Gasteiger partial charge is 0.394 e. The number of nitrogen functional groups attached to an aromatic ring is 2. The number of hydrogen-bond donors (Lipinski definition) is 4. The van der Waals surface area contributed by atoms with E-state index in [1.54, 1.807) is 19.9 Å². The van der Waals surface area contributed by atoms with Crippen LogP contribution in [0.2, 0.25) is 0 Å². The summed E-state index contributed by atoms with van der Waals surface area (Å²) in [6.07, 6.45) is 4.83. The molecule has 1 aromatic rings. The second kappa shape index (κ2) is 12.8. The molecule has 1 rings (SSSR count). The minimum absolute atomic E-state index is 0.00265. The fraction of sp³-hybridized carbons (Fsp3) is 0.526. The van der Waals surface area contributed by atoms with Gasteiger partial charge in [-0.1, -0.05) is 45.8 Å². The van der Waals surface area contributed by atoms with Crippen molar-refractivity contribution in [2.45, 2.75) is 59.9 Å². The molecule has 1 unspecified atom stereocenters. The second-order valence-electron chi connectivity index (χ2n) is 5.79. The summed E-state index contributed by atoms with van der Waals surface area (Å²) in [6, 6.07) is -0.414. The van der Waals surface area contributed by atoms with E-state index < -0.39 is 11.9 Å². The molecule has 1 heterocycles. The number of allylic oxidation sites excluding steroid dienone is 3. The maximum Gasteiger partial charge on any atom is 0.272 e. The SMILES string of the molecule is CC.CCCC(N)c1nc(N)c(N)c(C(=O)NC/C(C)=C/C=C(/F)CC)n1. The number of amides is 1. The molecule has 0 radical (unpaired) electrons. The third-order valence-corrected chi connectivity index (χ3v) is 3.55. The predicted octanol–water partition coefficient (Wildman–Crippen LogP) is 3.41. The lowest BCUT2D eigenvalue weighted by atomic mass is 10.1. The zero-order chi connectivity index (χ0) is 21.0. The second-order valence-corrected chi connectivity index (χ2v) is 5.79. The maximum atomic E-state index is 13.1. The number of aromatic nitrogens is 2. The quantitative estimate of drug-likeness (QED) is 0.511. The maximum absolute atomic E-state index is 13.1. The van der Waals surface area contributed by atoms with Gasteiger partial charge in [0, 0.05) is 6.54 Å². The number of anilines is 2. The van der Waals surface area contributed by atoms with Crippen molar-refractivity contribution in [1.29, 1.82) is 0 Å². The summed E-state index contributed by atoms with van der Waals surface area (Å²) in [5.41, 5.74) is 18.4. The van der Waals surface area contributed by atoms with Crippen LogP contribution in [0.4, 0.5) is 15.9 Å². The standard InChI is InChI=1S/C17H27FN6O.C2H6/c1-4-6-12(19)16-23-14(13(20)15(21)24-16)17(25)22-9-10(3)7-8-11(18)5-2;1-2/h7-8,12H,4-6,9,19-20H2,1-3H3,(H,22,25)(H2,21,23,24);1-2H3/b10-7+,11-8+;. The normalized spacial score (nSPS) is 12.9. The first-order valence-electron chi connectivity index (χ1n) is 9.28. The molecule has 0 spiro atoms. The third kappa shape index (κ3) is 8.17. The van der Waals surface area contributed by atoms with Crippen LogP contribution in [-0.4, -0.2) is 22.4 Å². The van der Waals surface area contributed by atoms with Gasteiger partial charge in [0.05, 0.1) is 11.9 Å². The summed E-state index contributed by atoms with van der Waals surface area (Å²) in [7, 11) is 0. The van der Waals surface area contributed by atoms with Crippen LogP contribution in [0.1, 0.15) is 76.2 Å². The molecule has 8 heteroatoms. The van der Waals surface area contributed by atoms with Crippen molar-refractivity contribution >= 4 is 17.4 Å². The summed E-state index contributed by atoms with van der Waals surface area (Å²) in [5, 5.41) is 2.68. The Morgan fingerprint density at radius 2 is 1.85 bits per heavy atom. The molecule has 0 fully saturated rings. The van der Waals surface area contributed by atoms with Gasteiger partial charge in [-0.15, -0.1) is 0 Å². The summed E-state index contributed by atoms with van der Waals surface area (Å²) >= 11 is 0. The summed E-state index contributed by atoms with van der Waals surface area (Å²) in [6.45, 7) is 9.71. The number of rotatable bonds is 8. The first kappa shape index (κ1) is 24.5. The minimum atomic E-state index is -0.482. The van der Waals surface area contributed by atoms with Crippen molar-refractivity contribution in [3.8, 4) is 0 Å². The molecule has 7 N–H and O–H groups in total. The van der Waals surface area contributed by atoms with Crippen molar-refractivity contribution in [2.24, 2.45) is 5.73 Å². The van der Waals surface area contributed by atoms with Crippen LogP contribution in [0, 0.1) is 0 Å². The summed E-state index contributed by atoms with van der Waals surface area (Å²) in [4.78, 5) is 20.6. The Balaban J connectivity index is 0.00000326. The predicted molar refractivity (Wildman–Crippen MR) is 110 cm³/mol. The number of nitrogens with two attached hydrogens (primary N) is 3. The molecule has 0 bridgehead atoms.